The lowest BCUT2D eigenvalue weighted by Gasteiger charge is -2.15. The zero-order valence-electron chi connectivity index (χ0n) is 15.4. The van der Waals surface area contributed by atoms with Gasteiger partial charge < -0.3 is 11.1 Å². The van der Waals surface area contributed by atoms with Gasteiger partial charge in [0.05, 0.1) is 5.71 Å². The average Bonchev–Trinajstić information content (AvgIpc) is 2.55. The highest BCUT2D eigenvalue weighted by molar-refractivity contribution is 7.80. The van der Waals surface area contributed by atoms with Gasteiger partial charge in [-0.05, 0) is 37.0 Å². The van der Waals surface area contributed by atoms with Crippen LogP contribution in [-0.4, -0.2) is 22.8 Å². The van der Waals surface area contributed by atoms with Crippen molar-refractivity contribution in [2.45, 2.75) is 58.9 Å². The van der Waals surface area contributed by atoms with Crippen molar-refractivity contribution in [3.8, 4) is 0 Å². The van der Waals surface area contributed by atoms with E-state index in [4.69, 9.17) is 18.0 Å². The van der Waals surface area contributed by atoms with E-state index in [0.29, 0.717) is 18.8 Å². The van der Waals surface area contributed by atoms with Crippen LogP contribution < -0.4 is 16.5 Å². The maximum absolute atomic E-state index is 12.2. The molecule has 25 heavy (non-hydrogen) atoms. The van der Waals surface area contributed by atoms with Gasteiger partial charge in [-0.1, -0.05) is 57.0 Å². The molecule has 1 rings (SSSR count). The molecule has 5 nitrogen and oxygen atoms in total. The van der Waals surface area contributed by atoms with Gasteiger partial charge >= 0.3 is 0 Å². The third-order valence-corrected chi connectivity index (χ3v) is 3.91. The normalized spacial score (nSPS) is 12.7. The van der Waals surface area contributed by atoms with Crippen molar-refractivity contribution in [3.05, 3.63) is 35.9 Å². The summed E-state index contributed by atoms with van der Waals surface area (Å²) in [5.41, 5.74) is 9.76. The van der Waals surface area contributed by atoms with E-state index < -0.39 is 0 Å². The third kappa shape index (κ3) is 9.82. The maximum atomic E-state index is 12.2. The lowest BCUT2D eigenvalue weighted by molar-refractivity contribution is -0.121. The lowest BCUT2D eigenvalue weighted by Crippen LogP contribution is -2.33. The largest absolute Gasteiger partial charge is 0.375 e. The average molecular weight is 363 g/mol. The second-order valence-electron chi connectivity index (χ2n) is 6.69. The molecule has 1 aromatic rings. The monoisotopic (exact) mass is 362 g/mol. The summed E-state index contributed by atoms with van der Waals surface area (Å²) < 4.78 is 0. The summed E-state index contributed by atoms with van der Waals surface area (Å²) in [6, 6.07) is 9.90. The molecule has 0 bridgehead atoms. The Hall–Kier alpha value is -1.95. The Labute approximate surface area is 156 Å². The summed E-state index contributed by atoms with van der Waals surface area (Å²) in [5.74, 6) is 0.740. The molecule has 0 aliphatic heterocycles. The Balaban J connectivity index is 2.51. The van der Waals surface area contributed by atoms with Gasteiger partial charge in [0.15, 0.2) is 5.11 Å². The van der Waals surface area contributed by atoms with Crippen LogP contribution in [0.4, 0.5) is 0 Å². The first kappa shape index (κ1) is 21.1. The van der Waals surface area contributed by atoms with Crippen molar-refractivity contribution in [1.82, 2.24) is 10.7 Å². The number of thiocarbonyl (C=S) groups is 1. The van der Waals surface area contributed by atoms with E-state index in [0.717, 1.165) is 24.1 Å². The quantitative estimate of drug-likeness (QED) is 0.339. The van der Waals surface area contributed by atoms with Crippen LogP contribution in [0.3, 0.4) is 0 Å². The predicted molar refractivity (Wildman–Crippen MR) is 108 cm³/mol. The molecule has 0 spiro atoms. The Bertz CT molecular complexity index is 572. The Morgan fingerprint density at radius 2 is 1.84 bits per heavy atom. The second-order valence-corrected chi connectivity index (χ2v) is 7.13. The molecule has 6 heteroatoms. The van der Waals surface area contributed by atoms with E-state index in [1.165, 1.54) is 6.42 Å². The molecule has 1 atom stereocenters. The van der Waals surface area contributed by atoms with Gasteiger partial charge in [0.25, 0.3) is 0 Å². The molecule has 0 heterocycles. The summed E-state index contributed by atoms with van der Waals surface area (Å²) in [6.07, 6.45) is 4.22. The van der Waals surface area contributed by atoms with Gasteiger partial charge in [-0.25, -0.2) is 0 Å². The molecule has 0 aliphatic rings. The van der Waals surface area contributed by atoms with E-state index in [1.807, 2.05) is 30.3 Å². The minimum Gasteiger partial charge on any atom is -0.375 e. The summed E-state index contributed by atoms with van der Waals surface area (Å²) in [4.78, 5) is 12.2. The molecule has 1 amide bonds. The zero-order valence-corrected chi connectivity index (χ0v) is 16.2. The second kappa shape index (κ2) is 11.6. The smallest absolute Gasteiger partial charge is 0.220 e. The van der Waals surface area contributed by atoms with Gasteiger partial charge in [-0.15, -0.1) is 0 Å². The number of amides is 1. The molecule has 1 aromatic carbocycles. The van der Waals surface area contributed by atoms with Crippen molar-refractivity contribution in [3.63, 3.8) is 0 Å². The summed E-state index contributed by atoms with van der Waals surface area (Å²) in [5, 5.41) is 7.40. The molecule has 0 aromatic heterocycles. The van der Waals surface area contributed by atoms with Crippen molar-refractivity contribution in [1.29, 1.82) is 0 Å². The first-order chi connectivity index (χ1) is 11.9. The minimum absolute atomic E-state index is 0.0380. The number of nitrogens with two attached hydrogens (primary N) is 1. The van der Waals surface area contributed by atoms with Crippen molar-refractivity contribution in [2.75, 3.05) is 0 Å². The molecule has 138 valence electrons. The number of rotatable bonds is 10. The van der Waals surface area contributed by atoms with Gasteiger partial charge in [0.2, 0.25) is 5.91 Å². The fraction of sp³-hybridized carbons (Fsp3) is 0.526. The SMILES string of the molecule is CC(C)CCCC(C)NC(=O)CC/C(=N\NC(N)=S)c1ccccc1. The van der Waals surface area contributed by atoms with Crippen LogP contribution in [-0.2, 0) is 4.79 Å². The van der Waals surface area contributed by atoms with Gasteiger partial charge in [0, 0.05) is 18.9 Å². The van der Waals surface area contributed by atoms with Crippen molar-refractivity contribution >= 4 is 28.9 Å². The van der Waals surface area contributed by atoms with Crippen molar-refractivity contribution < 1.29 is 4.79 Å². The van der Waals surface area contributed by atoms with E-state index >= 15 is 0 Å². The van der Waals surface area contributed by atoms with Crippen LogP contribution in [0.5, 0.6) is 0 Å². The number of hydrogen-bond acceptors (Lipinski definition) is 3. The zero-order chi connectivity index (χ0) is 18.7. The van der Waals surface area contributed by atoms with E-state index in [9.17, 15) is 4.79 Å². The first-order valence-electron chi connectivity index (χ1n) is 8.85. The standard InChI is InChI=1S/C19H30N4OS/c1-14(2)8-7-9-15(3)21-18(24)13-12-17(22-23-19(20)25)16-10-5-4-6-11-16/h4-6,10-11,14-15H,7-9,12-13H2,1-3H3,(H,21,24)(H3,20,23,25)/b22-17+. The maximum Gasteiger partial charge on any atom is 0.220 e. The van der Waals surface area contributed by atoms with Gasteiger partial charge in [-0.2, -0.15) is 5.10 Å². The van der Waals surface area contributed by atoms with Crippen LogP contribution in [0.1, 0.15) is 58.4 Å². The highest BCUT2D eigenvalue weighted by atomic mass is 32.1. The number of nitrogens with zero attached hydrogens (tertiary/aromatic N) is 1. The molecule has 0 saturated heterocycles. The molecule has 0 aliphatic carbocycles. The van der Waals surface area contributed by atoms with Gasteiger partial charge in [0.1, 0.15) is 0 Å². The van der Waals surface area contributed by atoms with Crippen LogP contribution in [0.15, 0.2) is 35.4 Å². The van der Waals surface area contributed by atoms with E-state index in [2.05, 4.69) is 36.6 Å². The highest BCUT2D eigenvalue weighted by Crippen LogP contribution is 2.09. The number of carbonyl (C=O) groups excluding carboxylic acids is 1. The van der Waals surface area contributed by atoms with Crippen molar-refractivity contribution in [2.24, 2.45) is 16.8 Å². The summed E-state index contributed by atoms with van der Waals surface area (Å²) in [7, 11) is 0. The van der Waals surface area contributed by atoms with Crippen LogP contribution in [0.2, 0.25) is 0 Å². The van der Waals surface area contributed by atoms with Crippen LogP contribution in [0.25, 0.3) is 0 Å². The predicted octanol–water partition coefficient (Wildman–Crippen LogP) is 3.34. The molecular weight excluding hydrogens is 332 g/mol. The molecular formula is C19H30N4OS. The molecule has 0 radical (unpaired) electrons. The summed E-state index contributed by atoms with van der Waals surface area (Å²) in [6.45, 7) is 6.49. The molecule has 0 saturated carbocycles. The van der Waals surface area contributed by atoms with E-state index in [-0.39, 0.29) is 17.1 Å². The summed E-state index contributed by atoms with van der Waals surface area (Å²) >= 11 is 4.80. The Morgan fingerprint density at radius 3 is 2.44 bits per heavy atom. The fourth-order valence-corrected chi connectivity index (χ4v) is 2.55. The van der Waals surface area contributed by atoms with Crippen LogP contribution >= 0.6 is 12.2 Å². The number of benzene rings is 1. The number of carbonyl (C=O) groups is 1. The number of hydrogen-bond donors (Lipinski definition) is 3. The number of nitrogens with one attached hydrogen (secondary N) is 2. The topological polar surface area (TPSA) is 79.5 Å². The molecule has 4 N–H and O–H groups in total. The van der Waals surface area contributed by atoms with Gasteiger partial charge in [-0.3, -0.25) is 10.2 Å². The first-order valence-corrected chi connectivity index (χ1v) is 9.26. The lowest BCUT2D eigenvalue weighted by atomic mass is 10.0. The minimum atomic E-state index is 0.0380. The number of hydrazone groups is 1. The molecule has 0 fully saturated rings. The highest BCUT2D eigenvalue weighted by Gasteiger charge is 2.11. The van der Waals surface area contributed by atoms with E-state index in [1.54, 1.807) is 0 Å². The van der Waals surface area contributed by atoms with Crippen LogP contribution in [0, 0.1) is 5.92 Å². The molecule has 1 unspecified atom stereocenters. The Kier molecular flexibility index (Phi) is 9.77. The third-order valence-electron chi connectivity index (χ3n) is 3.82. The fourth-order valence-electron chi connectivity index (χ4n) is 2.50. The Morgan fingerprint density at radius 1 is 1.16 bits per heavy atom.